The van der Waals surface area contributed by atoms with Gasteiger partial charge < -0.3 is 9.47 Å². The zero-order valence-corrected chi connectivity index (χ0v) is 11.4. The van der Waals surface area contributed by atoms with Crippen LogP contribution in [0, 0.1) is 11.3 Å². The summed E-state index contributed by atoms with van der Waals surface area (Å²) in [6.07, 6.45) is -0.655. The van der Waals surface area contributed by atoms with Crippen LogP contribution >= 0.6 is 0 Å². The lowest BCUT2D eigenvalue weighted by molar-refractivity contribution is -0.142. The second-order valence-electron chi connectivity index (χ2n) is 4.81. The van der Waals surface area contributed by atoms with E-state index in [0.29, 0.717) is 5.56 Å². The number of hydrogen-bond donors (Lipinski definition) is 0. The highest BCUT2D eigenvalue weighted by atomic mass is 16.7. The van der Waals surface area contributed by atoms with Crippen LogP contribution in [0.15, 0.2) is 54.6 Å². The van der Waals surface area contributed by atoms with Crippen LogP contribution < -0.4 is 0 Å². The molecule has 0 radical (unpaired) electrons. The van der Waals surface area contributed by atoms with Gasteiger partial charge >= 0.3 is 5.97 Å². The fraction of sp³-hybridized carbons (Fsp3) is 0.176. The molecule has 4 heteroatoms. The van der Waals surface area contributed by atoms with Crippen LogP contribution in [0.25, 0.3) is 0 Å². The Kier molecular flexibility index (Phi) is 3.20. The van der Waals surface area contributed by atoms with Gasteiger partial charge in [0, 0.05) is 0 Å². The molecule has 2 aromatic carbocycles. The predicted octanol–water partition coefficient (Wildman–Crippen LogP) is 2.37. The number of epoxide rings is 1. The maximum Gasteiger partial charge on any atom is 0.338 e. The molecule has 1 aliphatic rings. The molecule has 0 spiro atoms. The van der Waals surface area contributed by atoms with E-state index in [1.54, 1.807) is 12.1 Å². The summed E-state index contributed by atoms with van der Waals surface area (Å²) in [6, 6.07) is 18.7. The van der Waals surface area contributed by atoms with Crippen molar-refractivity contribution in [1.82, 2.24) is 0 Å². The molecule has 0 saturated carbocycles. The highest BCUT2D eigenvalue weighted by Gasteiger charge is 2.63. The molecule has 2 atom stereocenters. The van der Waals surface area contributed by atoms with Gasteiger partial charge in [0.05, 0.1) is 18.7 Å². The average Bonchev–Trinajstić information content (AvgIpc) is 3.32. The number of benzene rings is 2. The molecule has 1 heterocycles. The Hall–Kier alpha value is -2.64. The molecule has 0 amide bonds. The Morgan fingerprint density at radius 2 is 1.76 bits per heavy atom. The van der Waals surface area contributed by atoms with Crippen molar-refractivity contribution >= 4 is 5.97 Å². The summed E-state index contributed by atoms with van der Waals surface area (Å²) in [4.78, 5) is 11.9. The second kappa shape index (κ2) is 5.04. The first-order chi connectivity index (χ1) is 10.2. The van der Waals surface area contributed by atoms with Gasteiger partial charge in [0.1, 0.15) is 0 Å². The minimum Gasteiger partial charge on any atom is -0.467 e. The summed E-state index contributed by atoms with van der Waals surface area (Å²) in [5.74, 6) is -0.400. The van der Waals surface area contributed by atoms with Gasteiger partial charge in [-0.25, -0.2) is 4.79 Å². The Morgan fingerprint density at radius 1 is 1.14 bits per heavy atom. The topological polar surface area (TPSA) is 62.6 Å². The number of carbonyl (C=O) groups excluding carboxylic acids is 1. The minimum absolute atomic E-state index is 0.400. The maximum atomic E-state index is 11.9. The molecule has 1 saturated heterocycles. The van der Waals surface area contributed by atoms with Crippen LogP contribution in [0.3, 0.4) is 0 Å². The fourth-order valence-electron chi connectivity index (χ4n) is 2.56. The zero-order chi connectivity index (χ0) is 14.9. The number of methoxy groups -OCH3 is 1. The first kappa shape index (κ1) is 13.3. The third-order valence-corrected chi connectivity index (χ3v) is 3.68. The monoisotopic (exact) mass is 279 g/mol. The van der Waals surface area contributed by atoms with Crippen LogP contribution in [0.2, 0.25) is 0 Å². The van der Waals surface area contributed by atoms with Gasteiger partial charge in [-0.15, -0.1) is 0 Å². The van der Waals surface area contributed by atoms with E-state index in [-0.39, 0.29) is 0 Å². The Balaban J connectivity index is 2.06. The molecule has 3 rings (SSSR count). The molecule has 0 N–H and O–H groups in total. The molecule has 104 valence electrons. The zero-order valence-electron chi connectivity index (χ0n) is 11.4. The summed E-state index contributed by atoms with van der Waals surface area (Å²) in [7, 11) is 1.35. The molecule has 21 heavy (non-hydrogen) atoms. The Labute approximate surface area is 122 Å². The van der Waals surface area contributed by atoms with Gasteiger partial charge in [0.15, 0.2) is 11.7 Å². The lowest BCUT2D eigenvalue weighted by atomic mass is 9.87. The fourth-order valence-corrected chi connectivity index (χ4v) is 2.56. The lowest BCUT2D eigenvalue weighted by Gasteiger charge is -2.13. The van der Waals surface area contributed by atoms with E-state index in [1.807, 2.05) is 42.5 Å². The number of rotatable bonds is 3. The minimum atomic E-state index is -0.817. The summed E-state index contributed by atoms with van der Waals surface area (Å²) in [5.41, 5.74) is 1.48. The first-order valence-electron chi connectivity index (χ1n) is 6.54. The van der Waals surface area contributed by atoms with Crippen molar-refractivity contribution in [2.75, 3.05) is 7.11 Å². The molecule has 2 aromatic rings. The number of carbonyl (C=O) groups is 1. The number of esters is 1. The second-order valence-corrected chi connectivity index (χ2v) is 4.81. The quantitative estimate of drug-likeness (QED) is 0.639. The lowest BCUT2D eigenvalue weighted by Crippen LogP contribution is -2.21. The standard InChI is InChI=1S/C17H13NO3/c1-20-16(19)15-17(21-15,13-5-3-2-4-6-13)14-9-7-12(11-18)8-10-14/h2-10,15H,1H3. The number of nitrogens with zero attached hydrogens (tertiary/aromatic N) is 1. The maximum absolute atomic E-state index is 11.9. The van der Waals surface area contributed by atoms with Crippen LogP contribution in [-0.2, 0) is 19.9 Å². The van der Waals surface area contributed by atoms with Crippen molar-refractivity contribution in [3.8, 4) is 6.07 Å². The summed E-state index contributed by atoms with van der Waals surface area (Å²) in [6.45, 7) is 0. The molecule has 1 fully saturated rings. The molecule has 0 bridgehead atoms. The van der Waals surface area contributed by atoms with Crippen LogP contribution in [-0.4, -0.2) is 19.2 Å². The molecular weight excluding hydrogens is 266 g/mol. The van der Waals surface area contributed by atoms with Gasteiger partial charge in [-0.2, -0.15) is 5.26 Å². The van der Waals surface area contributed by atoms with Crippen molar-refractivity contribution in [2.24, 2.45) is 0 Å². The normalized spacial score (nSPS) is 23.1. The van der Waals surface area contributed by atoms with E-state index in [9.17, 15) is 4.79 Å². The van der Waals surface area contributed by atoms with Crippen LogP contribution in [0.5, 0.6) is 0 Å². The number of ether oxygens (including phenoxy) is 2. The summed E-state index contributed by atoms with van der Waals surface area (Å²) in [5, 5.41) is 8.89. The smallest absolute Gasteiger partial charge is 0.338 e. The number of nitriles is 1. The molecule has 0 aliphatic carbocycles. The van der Waals surface area contributed by atoms with Gasteiger partial charge in [-0.1, -0.05) is 42.5 Å². The van der Waals surface area contributed by atoms with Crippen molar-refractivity contribution in [2.45, 2.75) is 11.7 Å². The highest BCUT2D eigenvalue weighted by molar-refractivity contribution is 5.81. The third-order valence-electron chi connectivity index (χ3n) is 3.68. The molecule has 2 unspecified atom stereocenters. The molecule has 0 aromatic heterocycles. The predicted molar refractivity (Wildman–Crippen MR) is 75.3 cm³/mol. The van der Waals surface area contributed by atoms with E-state index < -0.39 is 17.7 Å². The van der Waals surface area contributed by atoms with Gasteiger partial charge in [0.25, 0.3) is 0 Å². The van der Waals surface area contributed by atoms with Crippen molar-refractivity contribution in [3.05, 3.63) is 71.3 Å². The molecule has 4 nitrogen and oxygen atoms in total. The van der Waals surface area contributed by atoms with Crippen LogP contribution in [0.4, 0.5) is 0 Å². The van der Waals surface area contributed by atoms with Crippen molar-refractivity contribution < 1.29 is 14.3 Å². The molecular formula is C17H13NO3. The van der Waals surface area contributed by atoms with Gasteiger partial charge in [-0.3, -0.25) is 0 Å². The average molecular weight is 279 g/mol. The van der Waals surface area contributed by atoms with Gasteiger partial charge in [0.2, 0.25) is 0 Å². The van der Waals surface area contributed by atoms with E-state index >= 15 is 0 Å². The van der Waals surface area contributed by atoms with Crippen LogP contribution in [0.1, 0.15) is 16.7 Å². The van der Waals surface area contributed by atoms with E-state index in [0.717, 1.165) is 11.1 Å². The van der Waals surface area contributed by atoms with E-state index in [2.05, 4.69) is 6.07 Å². The summed E-state index contributed by atoms with van der Waals surface area (Å²) < 4.78 is 10.5. The van der Waals surface area contributed by atoms with Gasteiger partial charge in [-0.05, 0) is 23.3 Å². The Morgan fingerprint density at radius 3 is 2.33 bits per heavy atom. The third kappa shape index (κ3) is 2.08. The Bertz CT molecular complexity index is 703. The first-order valence-corrected chi connectivity index (χ1v) is 6.54. The SMILES string of the molecule is COC(=O)C1OC1(c1ccccc1)c1ccc(C#N)cc1. The van der Waals surface area contributed by atoms with Crippen molar-refractivity contribution in [3.63, 3.8) is 0 Å². The van der Waals surface area contributed by atoms with Crippen molar-refractivity contribution in [1.29, 1.82) is 5.26 Å². The molecule has 1 aliphatic heterocycles. The van der Waals surface area contributed by atoms with E-state index in [1.165, 1.54) is 7.11 Å². The van der Waals surface area contributed by atoms with E-state index in [4.69, 9.17) is 14.7 Å². The highest BCUT2D eigenvalue weighted by Crippen LogP contribution is 2.52. The summed E-state index contributed by atoms with van der Waals surface area (Å²) >= 11 is 0. The number of hydrogen-bond acceptors (Lipinski definition) is 4. The largest absolute Gasteiger partial charge is 0.467 e.